The molecule has 26 heavy (non-hydrogen) atoms. The zero-order valence-corrected chi connectivity index (χ0v) is 14.7. The average Bonchev–Trinajstić information content (AvgIpc) is 2.66. The average molecular weight is 370 g/mol. The number of hydrogen-bond donors (Lipinski definition) is 1. The summed E-state index contributed by atoms with van der Waals surface area (Å²) >= 11 is 5.71. The van der Waals surface area contributed by atoms with Crippen LogP contribution < -0.4 is 10.1 Å². The monoisotopic (exact) mass is 369 g/mol. The highest BCUT2D eigenvalue weighted by Crippen LogP contribution is 2.20. The van der Waals surface area contributed by atoms with Crippen LogP contribution in [0.3, 0.4) is 0 Å². The molecule has 0 aromatic heterocycles. The predicted molar refractivity (Wildman–Crippen MR) is 101 cm³/mol. The molecule has 0 unspecified atom stereocenters. The number of amides is 1. The lowest BCUT2D eigenvalue weighted by Gasteiger charge is -2.08. The van der Waals surface area contributed by atoms with Gasteiger partial charge >= 0.3 is 0 Å². The number of ether oxygens (including phenoxy) is 1. The molecule has 0 aliphatic carbocycles. The van der Waals surface area contributed by atoms with Gasteiger partial charge in [-0.1, -0.05) is 41.9 Å². The van der Waals surface area contributed by atoms with Crippen molar-refractivity contribution in [1.29, 1.82) is 0 Å². The lowest BCUT2D eigenvalue weighted by Crippen LogP contribution is -2.12. The van der Waals surface area contributed by atoms with Crippen LogP contribution in [-0.4, -0.2) is 12.5 Å². The number of hydrogen-bond acceptors (Lipinski definition) is 2. The fourth-order valence-corrected chi connectivity index (χ4v) is 2.59. The molecule has 0 aliphatic heterocycles. The normalized spacial score (nSPS) is 10.4. The van der Waals surface area contributed by atoms with Crippen molar-refractivity contribution in [2.24, 2.45) is 0 Å². The van der Waals surface area contributed by atoms with Gasteiger partial charge in [-0.3, -0.25) is 4.79 Å². The third-order valence-corrected chi connectivity index (χ3v) is 4.09. The summed E-state index contributed by atoms with van der Waals surface area (Å²) in [6, 6.07) is 21.0. The molecule has 0 heterocycles. The van der Waals surface area contributed by atoms with Crippen molar-refractivity contribution in [3.05, 3.63) is 94.8 Å². The molecule has 0 saturated carbocycles. The summed E-state index contributed by atoms with van der Waals surface area (Å²) in [7, 11) is 0. The van der Waals surface area contributed by atoms with Crippen LogP contribution in [0.1, 0.15) is 15.9 Å². The van der Waals surface area contributed by atoms with Gasteiger partial charge in [-0.05, 0) is 48.0 Å². The van der Waals surface area contributed by atoms with Gasteiger partial charge in [0.2, 0.25) is 0 Å². The van der Waals surface area contributed by atoms with E-state index in [9.17, 15) is 9.18 Å². The largest absolute Gasteiger partial charge is 0.493 e. The maximum Gasteiger partial charge on any atom is 0.255 e. The SMILES string of the molecule is O=C(Nc1ccc(F)c(Cl)c1)c1ccc(OCCc2ccccc2)cc1. The van der Waals surface area contributed by atoms with Crippen molar-refractivity contribution in [2.75, 3.05) is 11.9 Å². The molecule has 0 spiro atoms. The van der Waals surface area contributed by atoms with Gasteiger partial charge < -0.3 is 10.1 Å². The highest BCUT2D eigenvalue weighted by molar-refractivity contribution is 6.31. The van der Waals surface area contributed by atoms with Crippen molar-refractivity contribution >= 4 is 23.2 Å². The van der Waals surface area contributed by atoms with Crippen LogP contribution in [0.25, 0.3) is 0 Å². The van der Waals surface area contributed by atoms with Crippen LogP contribution in [0.4, 0.5) is 10.1 Å². The van der Waals surface area contributed by atoms with E-state index >= 15 is 0 Å². The zero-order valence-electron chi connectivity index (χ0n) is 13.9. The topological polar surface area (TPSA) is 38.3 Å². The number of carbonyl (C=O) groups is 1. The molecule has 3 nitrogen and oxygen atoms in total. The third-order valence-electron chi connectivity index (χ3n) is 3.80. The van der Waals surface area contributed by atoms with Crippen molar-refractivity contribution in [3.8, 4) is 5.75 Å². The molecule has 0 aliphatic rings. The molecule has 3 rings (SSSR count). The van der Waals surface area contributed by atoms with E-state index in [1.54, 1.807) is 24.3 Å². The summed E-state index contributed by atoms with van der Waals surface area (Å²) in [5, 5.41) is 2.64. The second-order valence-corrected chi connectivity index (χ2v) is 6.10. The standard InChI is InChI=1S/C21H17ClFNO2/c22-19-14-17(8-11-20(19)23)24-21(25)16-6-9-18(10-7-16)26-13-12-15-4-2-1-3-5-15/h1-11,14H,12-13H2,(H,24,25). The maximum absolute atomic E-state index is 13.2. The quantitative estimate of drug-likeness (QED) is 0.635. The number of carbonyl (C=O) groups excluding carboxylic acids is 1. The van der Waals surface area contributed by atoms with Crippen LogP contribution in [0.15, 0.2) is 72.8 Å². The molecule has 0 radical (unpaired) electrons. The van der Waals surface area contributed by atoms with Crippen molar-refractivity contribution in [1.82, 2.24) is 0 Å². The summed E-state index contributed by atoms with van der Waals surface area (Å²) in [5.41, 5.74) is 2.12. The first-order valence-corrected chi connectivity index (χ1v) is 8.53. The molecule has 3 aromatic rings. The summed E-state index contributed by atoms with van der Waals surface area (Å²) in [6.07, 6.45) is 0.814. The minimum Gasteiger partial charge on any atom is -0.493 e. The van der Waals surface area contributed by atoms with Crippen molar-refractivity contribution < 1.29 is 13.9 Å². The lowest BCUT2D eigenvalue weighted by molar-refractivity contribution is 0.102. The molecule has 1 N–H and O–H groups in total. The summed E-state index contributed by atoms with van der Waals surface area (Å²) in [5.74, 6) is -0.132. The van der Waals surface area contributed by atoms with Crippen LogP contribution >= 0.6 is 11.6 Å². The van der Waals surface area contributed by atoms with E-state index in [-0.39, 0.29) is 10.9 Å². The van der Waals surface area contributed by atoms with E-state index in [2.05, 4.69) is 17.4 Å². The van der Waals surface area contributed by atoms with Crippen LogP contribution in [0.2, 0.25) is 5.02 Å². The highest BCUT2D eigenvalue weighted by Gasteiger charge is 2.08. The number of benzene rings is 3. The van der Waals surface area contributed by atoms with E-state index < -0.39 is 5.82 Å². The number of anilines is 1. The van der Waals surface area contributed by atoms with Gasteiger partial charge in [0.15, 0.2) is 0 Å². The Morgan fingerprint density at radius 2 is 1.73 bits per heavy atom. The lowest BCUT2D eigenvalue weighted by atomic mass is 10.2. The molecule has 3 aromatic carbocycles. The Kier molecular flexibility index (Phi) is 5.87. The Labute approximate surface area is 156 Å². The minimum atomic E-state index is -0.526. The zero-order chi connectivity index (χ0) is 18.4. The molecule has 5 heteroatoms. The smallest absolute Gasteiger partial charge is 0.255 e. The van der Waals surface area contributed by atoms with Gasteiger partial charge in [-0.2, -0.15) is 0 Å². The fourth-order valence-electron chi connectivity index (χ4n) is 2.41. The van der Waals surface area contributed by atoms with Crippen LogP contribution in [0, 0.1) is 5.82 Å². The van der Waals surface area contributed by atoms with Gasteiger partial charge in [0.1, 0.15) is 11.6 Å². The molecule has 1 amide bonds. The molecule has 0 bridgehead atoms. The fraction of sp³-hybridized carbons (Fsp3) is 0.0952. The molecule has 0 atom stereocenters. The second-order valence-electron chi connectivity index (χ2n) is 5.69. The van der Waals surface area contributed by atoms with Crippen molar-refractivity contribution in [2.45, 2.75) is 6.42 Å². The van der Waals surface area contributed by atoms with E-state index in [1.165, 1.54) is 23.8 Å². The van der Waals surface area contributed by atoms with E-state index in [1.807, 2.05) is 18.2 Å². The second kappa shape index (κ2) is 8.50. The maximum atomic E-state index is 13.2. The molecular formula is C21H17ClFNO2. The first kappa shape index (κ1) is 18.0. The Hall–Kier alpha value is -2.85. The first-order valence-electron chi connectivity index (χ1n) is 8.15. The summed E-state index contributed by atoms with van der Waals surface area (Å²) in [4.78, 5) is 12.2. The van der Waals surface area contributed by atoms with Gasteiger partial charge in [-0.15, -0.1) is 0 Å². The summed E-state index contributed by atoms with van der Waals surface area (Å²) in [6.45, 7) is 0.559. The van der Waals surface area contributed by atoms with Gasteiger partial charge in [0.25, 0.3) is 5.91 Å². The minimum absolute atomic E-state index is 0.0371. The molecule has 132 valence electrons. The van der Waals surface area contributed by atoms with Crippen molar-refractivity contribution in [3.63, 3.8) is 0 Å². The molecule has 0 fully saturated rings. The van der Waals surface area contributed by atoms with Gasteiger partial charge in [-0.25, -0.2) is 4.39 Å². The summed E-state index contributed by atoms with van der Waals surface area (Å²) < 4.78 is 18.9. The number of nitrogens with one attached hydrogen (secondary N) is 1. The van der Waals surface area contributed by atoms with E-state index in [4.69, 9.17) is 16.3 Å². The predicted octanol–water partition coefficient (Wildman–Crippen LogP) is 5.35. The van der Waals surface area contributed by atoms with Gasteiger partial charge in [0.05, 0.1) is 11.6 Å². The first-order chi connectivity index (χ1) is 12.6. The Morgan fingerprint density at radius 3 is 2.42 bits per heavy atom. The van der Waals surface area contributed by atoms with Gasteiger partial charge in [0, 0.05) is 17.7 Å². The van der Waals surface area contributed by atoms with E-state index in [0.717, 1.165) is 6.42 Å². The van der Waals surface area contributed by atoms with Crippen LogP contribution in [0.5, 0.6) is 5.75 Å². The number of halogens is 2. The number of rotatable bonds is 6. The molecular weight excluding hydrogens is 353 g/mol. The van der Waals surface area contributed by atoms with Crippen LogP contribution in [-0.2, 0) is 6.42 Å². The Morgan fingerprint density at radius 1 is 1.00 bits per heavy atom. The van der Waals surface area contributed by atoms with E-state index in [0.29, 0.717) is 23.6 Å². The Bertz CT molecular complexity index is 882. The third kappa shape index (κ3) is 4.83. The highest BCUT2D eigenvalue weighted by atomic mass is 35.5. The Balaban J connectivity index is 1.54. The molecule has 0 saturated heterocycles.